The summed E-state index contributed by atoms with van der Waals surface area (Å²) in [4.78, 5) is 13.2. The number of nitrogens with one attached hydrogen (secondary N) is 2. The third-order valence-electron chi connectivity index (χ3n) is 11.4. The molecule has 0 aromatic heterocycles. The predicted molar refractivity (Wildman–Crippen MR) is 142 cm³/mol. The molecule has 0 radical (unpaired) electrons. The molecule has 2 saturated carbocycles. The van der Waals surface area contributed by atoms with Crippen molar-refractivity contribution in [3.05, 3.63) is 35.4 Å². The van der Waals surface area contributed by atoms with Crippen LogP contribution in [0, 0.1) is 22.7 Å². The smallest absolute Gasteiger partial charge is 0.224 e. The van der Waals surface area contributed by atoms with Gasteiger partial charge in [-0.3, -0.25) is 4.79 Å². The van der Waals surface area contributed by atoms with Crippen molar-refractivity contribution < 1.29 is 13.2 Å². The standard InChI is InChI=1S/C29H43N3O3S/c1-27(2)23-10-12-29(27,25(18-23)31-26(33)22-7-5-15-30-19-22)20-36(34,35)32-16-13-28(14-17-32)11-9-21-6-3-4-8-24(21)28/h3-4,6,8,22-23,25,30H,5,7,9-20H2,1-2H3,(H,31,33)/t22?,23?,25-,29?/m0/s1. The SMILES string of the molecule is CC1(C)C2CCC1(CS(=O)(=O)N1CCC3(CCc4ccccc43)CC1)[C@@H](NC(=O)C1CCCNC1)C2. The van der Waals surface area contributed by atoms with Crippen LogP contribution in [0.2, 0.25) is 0 Å². The number of amides is 1. The number of aryl methyl sites for hydroxylation is 1. The van der Waals surface area contributed by atoms with Crippen molar-refractivity contribution in [2.75, 3.05) is 31.9 Å². The molecular formula is C29H43N3O3S. The zero-order chi connectivity index (χ0) is 25.2. The maximum absolute atomic E-state index is 14.0. The number of rotatable bonds is 5. The highest BCUT2D eigenvalue weighted by Gasteiger charge is 2.66. The summed E-state index contributed by atoms with van der Waals surface area (Å²) < 4.78 is 29.8. The summed E-state index contributed by atoms with van der Waals surface area (Å²) in [6, 6.07) is 8.70. The van der Waals surface area contributed by atoms with Crippen LogP contribution in [0.4, 0.5) is 0 Å². The van der Waals surface area contributed by atoms with Crippen LogP contribution in [0.1, 0.15) is 76.3 Å². The van der Waals surface area contributed by atoms with Gasteiger partial charge in [0.15, 0.2) is 0 Å². The topological polar surface area (TPSA) is 78.5 Å². The van der Waals surface area contributed by atoms with E-state index in [0.29, 0.717) is 19.0 Å². The number of hydrogen-bond donors (Lipinski definition) is 2. The first-order valence-electron chi connectivity index (χ1n) is 14.2. The molecule has 1 spiro atoms. The van der Waals surface area contributed by atoms with E-state index < -0.39 is 10.0 Å². The maximum Gasteiger partial charge on any atom is 0.224 e. The minimum Gasteiger partial charge on any atom is -0.352 e. The Balaban J connectivity index is 1.19. The van der Waals surface area contributed by atoms with Gasteiger partial charge in [-0.2, -0.15) is 0 Å². The van der Waals surface area contributed by atoms with Gasteiger partial charge in [-0.25, -0.2) is 12.7 Å². The van der Waals surface area contributed by atoms with Gasteiger partial charge in [-0.05, 0) is 92.2 Å². The van der Waals surface area contributed by atoms with Crippen molar-refractivity contribution in [3.63, 3.8) is 0 Å². The molecule has 3 unspecified atom stereocenters. The van der Waals surface area contributed by atoms with Crippen LogP contribution in [0.3, 0.4) is 0 Å². The number of benzene rings is 1. The second-order valence-corrected chi connectivity index (χ2v) is 15.0. The fraction of sp³-hybridized carbons (Fsp3) is 0.759. The first-order chi connectivity index (χ1) is 17.2. The van der Waals surface area contributed by atoms with Crippen molar-refractivity contribution >= 4 is 15.9 Å². The highest BCUT2D eigenvalue weighted by molar-refractivity contribution is 7.89. The Bertz CT molecular complexity index is 1120. The molecule has 1 amide bonds. The van der Waals surface area contributed by atoms with E-state index in [-0.39, 0.29) is 39.9 Å². The van der Waals surface area contributed by atoms with E-state index in [1.54, 1.807) is 4.31 Å². The summed E-state index contributed by atoms with van der Waals surface area (Å²) in [5.41, 5.74) is 2.57. The van der Waals surface area contributed by atoms with E-state index >= 15 is 0 Å². The molecule has 6 rings (SSSR count). The molecule has 4 atom stereocenters. The molecule has 2 N–H and O–H groups in total. The van der Waals surface area contributed by atoms with Gasteiger partial charge in [0, 0.05) is 31.1 Å². The van der Waals surface area contributed by atoms with Gasteiger partial charge >= 0.3 is 0 Å². The molecule has 1 aromatic rings. The van der Waals surface area contributed by atoms with E-state index in [9.17, 15) is 13.2 Å². The predicted octanol–water partition coefficient (Wildman–Crippen LogP) is 3.61. The first-order valence-corrected chi connectivity index (χ1v) is 15.9. The lowest BCUT2D eigenvalue weighted by Gasteiger charge is -2.45. The Morgan fingerprint density at radius 2 is 1.89 bits per heavy atom. The summed E-state index contributed by atoms with van der Waals surface area (Å²) >= 11 is 0. The lowest BCUT2D eigenvalue weighted by molar-refractivity contribution is -0.127. The van der Waals surface area contributed by atoms with E-state index in [0.717, 1.165) is 70.9 Å². The van der Waals surface area contributed by atoms with Crippen molar-refractivity contribution in [3.8, 4) is 0 Å². The quantitative estimate of drug-likeness (QED) is 0.631. The lowest BCUT2D eigenvalue weighted by atomic mass is 9.69. The average molecular weight is 514 g/mol. The van der Waals surface area contributed by atoms with Crippen LogP contribution in [-0.2, 0) is 26.7 Å². The normalized spacial score (nSPS) is 35.1. The Hall–Kier alpha value is -1.44. The third-order valence-corrected chi connectivity index (χ3v) is 13.4. The van der Waals surface area contributed by atoms with Gasteiger partial charge in [0.25, 0.3) is 0 Å². The summed E-state index contributed by atoms with van der Waals surface area (Å²) in [6.45, 7) is 7.45. The molecule has 2 heterocycles. The lowest BCUT2D eigenvalue weighted by Crippen LogP contribution is -2.56. The fourth-order valence-electron chi connectivity index (χ4n) is 8.88. The zero-order valence-corrected chi connectivity index (χ0v) is 22.8. The largest absolute Gasteiger partial charge is 0.352 e. The summed E-state index contributed by atoms with van der Waals surface area (Å²) in [6.07, 6.45) is 8.90. The Morgan fingerprint density at radius 3 is 2.61 bits per heavy atom. The Labute approximate surface area is 217 Å². The number of nitrogens with zero attached hydrogens (tertiary/aromatic N) is 1. The minimum atomic E-state index is -3.43. The summed E-state index contributed by atoms with van der Waals surface area (Å²) in [5, 5.41) is 6.74. The van der Waals surface area contributed by atoms with E-state index in [4.69, 9.17) is 0 Å². The van der Waals surface area contributed by atoms with Crippen LogP contribution < -0.4 is 10.6 Å². The van der Waals surface area contributed by atoms with Crippen molar-refractivity contribution in [2.24, 2.45) is 22.7 Å². The van der Waals surface area contributed by atoms with Crippen LogP contribution in [0.15, 0.2) is 24.3 Å². The van der Waals surface area contributed by atoms with E-state index in [2.05, 4.69) is 48.7 Å². The molecule has 198 valence electrons. The van der Waals surface area contributed by atoms with Gasteiger partial charge in [-0.1, -0.05) is 38.1 Å². The second-order valence-electron chi connectivity index (χ2n) is 13.0. The van der Waals surface area contributed by atoms with Gasteiger partial charge in [0.05, 0.1) is 11.7 Å². The molecule has 4 fully saturated rings. The van der Waals surface area contributed by atoms with E-state index in [1.807, 2.05) is 0 Å². The Kier molecular flexibility index (Phi) is 6.08. The van der Waals surface area contributed by atoms with Gasteiger partial charge in [0.1, 0.15) is 0 Å². The minimum absolute atomic E-state index is 0.00205. The van der Waals surface area contributed by atoms with Gasteiger partial charge in [-0.15, -0.1) is 0 Å². The maximum atomic E-state index is 14.0. The van der Waals surface area contributed by atoms with Gasteiger partial charge < -0.3 is 10.6 Å². The van der Waals surface area contributed by atoms with Crippen LogP contribution >= 0.6 is 0 Å². The fourth-order valence-corrected chi connectivity index (χ4v) is 11.2. The first kappa shape index (κ1) is 24.9. The monoisotopic (exact) mass is 513 g/mol. The molecule has 2 aliphatic heterocycles. The van der Waals surface area contributed by atoms with Crippen molar-refractivity contribution in [1.82, 2.24) is 14.9 Å². The number of sulfonamides is 1. The molecular weight excluding hydrogens is 470 g/mol. The van der Waals surface area contributed by atoms with Crippen LogP contribution in [0.25, 0.3) is 0 Å². The molecule has 2 bridgehead atoms. The average Bonchev–Trinajstić information content (AvgIpc) is 3.41. The second kappa shape index (κ2) is 8.81. The number of carbonyl (C=O) groups is 1. The molecule has 7 heteroatoms. The molecule has 5 aliphatic rings. The summed E-state index contributed by atoms with van der Waals surface area (Å²) in [7, 11) is -3.43. The molecule has 1 aromatic carbocycles. The highest BCUT2D eigenvalue weighted by atomic mass is 32.2. The molecule has 6 nitrogen and oxygen atoms in total. The Morgan fingerprint density at radius 1 is 1.11 bits per heavy atom. The molecule has 2 saturated heterocycles. The number of piperidine rings is 2. The number of fused-ring (bicyclic) bond motifs is 4. The van der Waals surface area contributed by atoms with Crippen molar-refractivity contribution in [2.45, 2.75) is 83.1 Å². The van der Waals surface area contributed by atoms with Crippen LogP contribution in [-0.4, -0.2) is 56.6 Å². The van der Waals surface area contributed by atoms with Gasteiger partial charge in [0.2, 0.25) is 15.9 Å². The number of hydrogen-bond acceptors (Lipinski definition) is 4. The number of carbonyl (C=O) groups excluding carboxylic acids is 1. The van der Waals surface area contributed by atoms with Crippen molar-refractivity contribution in [1.29, 1.82) is 0 Å². The molecule has 3 aliphatic carbocycles. The third kappa shape index (κ3) is 3.79. The highest BCUT2D eigenvalue weighted by Crippen LogP contribution is 2.66. The zero-order valence-electron chi connectivity index (χ0n) is 22.0. The molecule has 36 heavy (non-hydrogen) atoms. The van der Waals surface area contributed by atoms with Crippen LogP contribution in [0.5, 0.6) is 0 Å². The van der Waals surface area contributed by atoms with E-state index in [1.165, 1.54) is 11.1 Å². The summed E-state index contributed by atoms with van der Waals surface area (Å²) in [5.74, 6) is 0.762.